The third-order valence-corrected chi connectivity index (χ3v) is 6.61. The second kappa shape index (κ2) is 9.33. The minimum atomic E-state index is -0.217. The Labute approximate surface area is 178 Å². The first-order chi connectivity index (χ1) is 14.6. The monoisotopic (exact) mass is 406 g/mol. The van der Waals surface area contributed by atoms with E-state index in [9.17, 15) is 9.59 Å². The molecule has 30 heavy (non-hydrogen) atoms. The van der Waals surface area contributed by atoms with Crippen molar-refractivity contribution in [2.24, 2.45) is 17.8 Å². The highest BCUT2D eigenvalue weighted by molar-refractivity contribution is 5.97. The van der Waals surface area contributed by atoms with Crippen LogP contribution >= 0.6 is 0 Å². The molecule has 0 aromatic heterocycles. The van der Waals surface area contributed by atoms with E-state index in [0.29, 0.717) is 23.8 Å². The topological polar surface area (TPSA) is 67.4 Å². The molecule has 2 aliphatic carbocycles. The number of para-hydroxylation sites is 1. The van der Waals surface area contributed by atoms with Crippen LogP contribution in [0.25, 0.3) is 0 Å². The lowest BCUT2D eigenvalue weighted by molar-refractivity contribution is -0.124. The second-order valence-corrected chi connectivity index (χ2v) is 8.65. The molecule has 0 spiro atoms. The lowest BCUT2D eigenvalue weighted by Gasteiger charge is -2.28. The van der Waals surface area contributed by atoms with Crippen molar-refractivity contribution in [1.29, 1.82) is 0 Å². The molecule has 0 saturated heterocycles. The van der Waals surface area contributed by atoms with E-state index in [2.05, 4.69) is 17.6 Å². The van der Waals surface area contributed by atoms with Crippen molar-refractivity contribution >= 4 is 11.8 Å². The fourth-order valence-electron chi connectivity index (χ4n) is 5.11. The maximum atomic E-state index is 12.6. The summed E-state index contributed by atoms with van der Waals surface area (Å²) in [6, 6.07) is 17.0. The van der Waals surface area contributed by atoms with Crippen molar-refractivity contribution in [1.82, 2.24) is 10.6 Å². The van der Waals surface area contributed by atoms with Crippen LogP contribution in [0.2, 0.25) is 0 Å². The van der Waals surface area contributed by atoms with Crippen LogP contribution in [0.1, 0.15) is 48.5 Å². The Morgan fingerprint density at radius 3 is 2.53 bits per heavy atom. The van der Waals surface area contributed by atoms with Gasteiger partial charge in [0.05, 0.1) is 5.56 Å². The summed E-state index contributed by atoms with van der Waals surface area (Å²) in [6.45, 7) is 2.46. The molecule has 0 aliphatic heterocycles. The first-order valence-electron chi connectivity index (χ1n) is 10.9. The van der Waals surface area contributed by atoms with Gasteiger partial charge in [-0.05, 0) is 61.6 Å². The number of benzene rings is 2. The Hall–Kier alpha value is -2.82. The number of ether oxygens (including phenoxy) is 1. The number of fused-ring (bicyclic) bond motifs is 2. The van der Waals surface area contributed by atoms with E-state index in [1.165, 1.54) is 25.7 Å². The zero-order valence-electron chi connectivity index (χ0n) is 17.5. The molecule has 2 amide bonds. The van der Waals surface area contributed by atoms with Crippen molar-refractivity contribution in [3.63, 3.8) is 0 Å². The van der Waals surface area contributed by atoms with Gasteiger partial charge < -0.3 is 15.4 Å². The van der Waals surface area contributed by atoms with Crippen LogP contribution in [-0.4, -0.2) is 24.5 Å². The van der Waals surface area contributed by atoms with Crippen LogP contribution in [0.4, 0.5) is 0 Å². The van der Waals surface area contributed by atoms with Gasteiger partial charge in [0.15, 0.2) is 6.61 Å². The summed E-state index contributed by atoms with van der Waals surface area (Å²) in [7, 11) is 0. The predicted octanol–water partition coefficient (Wildman–Crippen LogP) is 3.94. The van der Waals surface area contributed by atoms with Crippen LogP contribution in [0.3, 0.4) is 0 Å². The van der Waals surface area contributed by atoms with Crippen LogP contribution in [0, 0.1) is 17.8 Å². The molecule has 2 aromatic rings. The number of rotatable bonds is 8. The van der Waals surface area contributed by atoms with E-state index in [4.69, 9.17) is 4.74 Å². The third kappa shape index (κ3) is 4.84. The van der Waals surface area contributed by atoms with Gasteiger partial charge in [0.1, 0.15) is 5.75 Å². The zero-order chi connectivity index (χ0) is 20.9. The van der Waals surface area contributed by atoms with E-state index >= 15 is 0 Å². The number of carbonyl (C=O) groups excluding carboxylic acids is 2. The van der Waals surface area contributed by atoms with Gasteiger partial charge in [-0.3, -0.25) is 9.59 Å². The van der Waals surface area contributed by atoms with Gasteiger partial charge in [0.25, 0.3) is 11.8 Å². The van der Waals surface area contributed by atoms with E-state index < -0.39 is 0 Å². The number of carbonyl (C=O) groups is 2. The zero-order valence-corrected chi connectivity index (χ0v) is 17.5. The highest BCUT2D eigenvalue weighted by Gasteiger charge is 2.42. The normalized spacial score (nSPS) is 23.0. The predicted molar refractivity (Wildman–Crippen MR) is 116 cm³/mol. The highest BCUT2D eigenvalue weighted by atomic mass is 16.5. The van der Waals surface area contributed by atoms with Gasteiger partial charge in [0.2, 0.25) is 0 Å². The Balaban J connectivity index is 1.29. The largest absolute Gasteiger partial charge is 0.483 e. The Kier molecular flexibility index (Phi) is 6.36. The van der Waals surface area contributed by atoms with Crippen molar-refractivity contribution in [3.8, 4) is 5.75 Å². The molecule has 4 atom stereocenters. The maximum Gasteiger partial charge on any atom is 0.258 e. The second-order valence-electron chi connectivity index (χ2n) is 8.65. The summed E-state index contributed by atoms with van der Waals surface area (Å²) < 4.78 is 5.72. The van der Waals surface area contributed by atoms with E-state index in [1.807, 2.05) is 30.3 Å². The molecule has 0 radical (unpaired) electrons. The molecule has 2 saturated carbocycles. The number of amides is 2. The lowest BCUT2D eigenvalue weighted by atomic mass is 9.84. The fraction of sp³-hybridized carbons (Fsp3) is 0.440. The van der Waals surface area contributed by atoms with Crippen LogP contribution < -0.4 is 15.4 Å². The SMILES string of the molecule is CC(NC(=O)COc1ccccc1C(=O)NCc1ccccc1)C1CC2CCC1C2. The quantitative estimate of drug-likeness (QED) is 0.698. The van der Waals surface area contributed by atoms with E-state index in [-0.39, 0.29) is 24.5 Å². The highest BCUT2D eigenvalue weighted by Crippen LogP contribution is 2.49. The van der Waals surface area contributed by atoms with E-state index in [1.54, 1.807) is 24.3 Å². The summed E-state index contributed by atoms with van der Waals surface area (Å²) in [5.74, 6) is 2.28. The average molecular weight is 407 g/mol. The molecule has 0 heterocycles. The summed E-state index contributed by atoms with van der Waals surface area (Å²) in [4.78, 5) is 25.1. The molecule has 4 unspecified atom stereocenters. The smallest absolute Gasteiger partial charge is 0.258 e. The molecule has 2 fully saturated rings. The van der Waals surface area contributed by atoms with E-state index in [0.717, 1.165) is 17.4 Å². The molecule has 158 valence electrons. The Morgan fingerprint density at radius 2 is 1.80 bits per heavy atom. The molecule has 4 rings (SSSR count). The first-order valence-corrected chi connectivity index (χ1v) is 10.9. The average Bonchev–Trinajstić information content (AvgIpc) is 3.41. The van der Waals surface area contributed by atoms with Crippen LogP contribution in [-0.2, 0) is 11.3 Å². The van der Waals surface area contributed by atoms with Crippen molar-refractivity contribution in [3.05, 3.63) is 65.7 Å². The van der Waals surface area contributed by atoms with Gasteiger partial charge in [0, 0.05) is 12.6 Å². The number of hydrogen-bond acceptors (Lipinski definition) is 3. The molecule has 2 bridgehead atoms. The molecule has 2 aliphatic rings. The lowest BCUT2D eigenvalue weighted by Crippen LogP contribution is -2.42. The van der Waals surface area contributed by atoms with Gasteiger partial charge >= 0.3 is 0 Å². The van der Waals surface area contributed by atoms with Crippen LogP contribution in [0.5, 0.6) is 5.75 Å². The molecular formula is C25H30N2O3. The van der Waals surface area contributed by atoms with Crippen molar-refractivity contribution in [2.75, 3.05) is 6.61 Å². The summed E-state index contributed by atoms with van der Waals surface area (Å²) in [5.41, 5.74) is 1.46. The molecule has 5 heteroatoms. The minimum Gasteiger partial charge on any atom is -0.483 e. The molecule has 2 aromatic carbocycles. The van der Waals surface area contributed by atoms with Gasteiger partial charge in [-0.25, -0.2) is 0 Å². The Morgan fingerprint density at radius 1 is 1.03 bits per heavy atom. The first kappa shape index (κ1) is 20.5. The molecule has 2 N–H and O–H groups in total. The maximum absolute atomic E-state index is 12.6. The summed E-state index contributed by atoms with van der Waals surface area (Å²) in [6.07, 6.45) is 5.22. The van der Waals surface area contributed by atoms with Crippen molar-refractivity contribution < 1.29 is 14.3 Å². The van der Waals surface area contributed by atoms with Gasteiger partial charge in [-0.15, -0.1) is 0 Å². The van der Waals surface area contributed by atoms with Gasteiger partial charge in [-0.1, -0.05) is 48.9 Å². The number of nitrogens with one attached hydrogen (secondary N) is 2. The summed E-state index contributed by atoms with van der Waals surface area (Å²) >= 11 is 0. The minimum absolute atomic E-state index is 0.0892. The van der Waals surface area contributed by atoms with Crippen molar-refractivity contribution in [2.45, 2.75) is 45.2 Å². The van der Waals surface area contributed by atoms with Gasteiger partial charge in [-0.2, -0.15) is 0 Å². The fourth-order valence-corrected chi connectivity index (χ4v) is 5.11. The van der Waals surface area contributed by atoms with Crippen LogP contribution in [0.15, 0.2) is 54.6 Å². The standard InChI is InChI=1S/C25H30N2O3/c1-17(22-14-19-11-12-20(22)13-19)27-24(28)16-30-23-10-6-5-9-21(23)25(29)26-15-18-7-3-2-4-8-18/h2-10,17,19-20,22H,11-16H2,1H3,(H,26,29)(H,27,28). The molecular weight excluding hydrogens is 376 g/mol. The molecule has 5 nitrogen and oxygen atoms in total. The summed E-state index contributed by atoms with van der Waals surface area (Å²) in [5, 5.41) is 6.02. The third-order valence-electron chi connectivity index (χ3n) is 6.61. The number of hydrogen-bond donors (Lipinski definition) is 2. The Bertz CT molecular complexity index is 883.